The zero-order valence-electron chi connectivity index (χ0n) is 12.7. The minimum atomic E-state index is 0.480. The maximum atomic E-state index is 5.65. The van der Waals surface area contributed by atoms with Gasteiger partial charge >= 0.3 is 0 Å². The van der Waals surface area contributed by atoms with Gasteiger partial charge in [0.05, 0.1) is 6.10 Å². The van der Waals surface area contributed by atoms with Gasteiger partial charge in [0.15, 0.2) is 0 Å². The zero-order chi connectivity index (χ0) is 13.8. The molecule has 1 aromatic carbocycles. The highest BCUT2D eigenvalue weighted by Gasteiger charge is 2.31. The van der Waals surface area contributed by atoms with E-state index < -0.39 is 0 Å². The summed E-state index contributed by atoms with van der Waals surface area (Å²) in [7, 11) is 2.07. The van der Waals surface area contributed by atoms with Gasteiger partial charge in [-0.3, -0.25) is 0 Å². The van der Waals surface area contributed by atoms with E-state index in [1.54, 1.807) is 0 Å². The van der Waals surface area contributed by atoms with Crippen LogP contribution in [0.1, 0.15) is 48.9 Å². The van der Waals surface area contributed by atoms with Gasteiger partial charge < -0.3 is 10.1 Å². The lowest BCUT2D eigenvalue weighted by atomic mass is 9.77. The maximum Gasteiger partial charge on any atom is 0.0580 e. The Morgan fingerprint density at radius 2 is 2.05 bits per heavy atom. The molecule has 1 fully saturated rings. The molecule has 19 heavy (non-hydrogen) atoms. The van der Waals surface area contributed by atoms with Crippen LogP contribution in [0, 0.1) is 19.8 Å². The topological polar surface area (TPSA) is 21.3 Å². The molecule has 1 aliphatic carbocycles. The predicted octanol–water partition coefficient (Wildman–Crippen LogP) is 3.77. The van der Waals surface area contributed by atoms with Crippen molar-refractivity contribution in [2.24, 2.45) is 5.92 Å². The standard InChI is InChI=1S/C17H27NO/c1-5-19-15-9-14(10-15)11-17(18-4)16-7-6-12(2)8-13(16)3/h6-8,14-15,17-18H,5,9-11H2,1-4H3. The van der Waals surface area contributed by atoms with Crippen LogP contribution in [0.3, 0.4) is 0 Å². The van der Waals surface area contributed by atoms with Gasteiger partial charge in [-0.05, 0) is 64.1 Å². The molecule has 0 amide bonds. The molecule has 0 aromatic heterocycles. The number of hydrogen-bond donors (Lipinski definition) is 1. The van der Waals surface area contributed by atoms with E-state index in [2.05, 4.69) is 51.3 Å². The first-order chi connectivity index (χ1) is 9.13. The van der Waals surface area contributed by atoms with Gasteiger partial charge in [-0.1, -0.05) is 23.8 Å². The molecule has 2 heteroatoms. The Kier molecular flexibility index (Phi) is 5.00. The SMILES string of the molecule is CCOC1CC(CC(NC)c2ccc(C)cc2C)C1. The van der Waals surface area contributed by atoms with Gasteiger partial charge in [0.2, 0.25) is 0 Å². The minimum Gasteiger partial charge on any atom is -0.378 e. The summed E-state index contributed by atoms with van der Waals surface area (Å²) in [6, 6.07) is 7.26. The lowest BCUT2D eigenvalue weighted by molar-refractivity contribution is -0.0289. The van der Waals surface area contributed by atoms with Crippen LogP contribution >= 0.6 is 0 Å². The summed E-state index contributed by atoms with van der Waals surface area (Å²) in [5.74, 6) is 0.815. The summed E-state index contributed by atoms with van der Waals surface area (Å²) < 4.78 is 5.65. The zero-order valence-corrected chi connectivity index (χ0v) is 12.7. The van der Waals surface area contributed by atoms with E-state index in [4.69, 9.17) is 4.74 Å². The molecule has 2 nitrogen and oxygen atoms in total. The second kappa shape index (κ2) is 6.53. The molecule has 0 heterocycles. The van der Waals surface area contributed by atoms with Crippen LogP contribution in [0.25, 0.3) is 0 Å². The Balaban J connectivity index is 1.94. The summed E-state index contributed by atoms with van der Waals surface area (Å²) in [6.07, 6.45) is 4.21. The fourth-order valence-electron chi connectivity index (χ4n) is 3.19. The van der Waals surface area contributed by atoms with E-state index in [1.165, 1.54) is 36.0 Å². The number of aryl methyl sites for hydroxylation is 2. The molecular formula is C17H27NO. The van der Waals surface area contributed by atoms with Gasteiger partial charge in [0, 0.05) is 12.6 Å². The predicted molar refractivity (Wildman–Crippen MR) is 80.5 cm³/mol. The van der Waals surface area contributed by atoms with Crippen molar-refractivity contribution in [1.29, 1.82) is 0 Å². The first kappa shape index (κ1) is 14.5. The van der Waals surface area contributed by atoms with Crippen molar-refractivity contribution in [3.63, 3.8) is 0 Å². The summed E-state index contributed by atoms with van der Waals surface area (Å²) in [5, 5.41) is 3.48. The van der Waals surface area contributed by atoms with Crippen molar-refractivity contribution >= 4 is 0 Å². The van der Waals surface area contributed by atoms with Crippen molar-refractivity contribution < 1.29 is 4.74 Å². The van der Waals surface area contributed by atoms with E-state index in [9.17, 15) is 0 Å². The van der Waals surface area contributed by atoms with Crippen LogP contribution in [0.2, 0.25) is 0 Å². The summed E-state index contributed by atoms with van der Waals surface area (Å²) in [5.41, 5.74) is 4.20. The monoisotopic (exact) mass is 261 g/mol. The Labute approximate surface area is 117 Å². The van der Waals surface area contributed by atoms with Crippen molar-refractivity contribution in [3.8, 4) is 0 Å². The minimum absolute atomic E-state index is 0.480. The first-order valence-electron chi connectivity index (χ1n) is 7.50. The molecule has 1 N–H and O–H groups in total. The van der Waals surface area contributed by atoms with Gasteiger partial charge in [-0.25, -0.2) is 0 Å². The Bertz CT molecular complexity index is 410. The Morgan fingerprint density at radius 1 is 1.32 bits per heavy atom. The van der Waals surface area contributed by atoms with E-state index in [0.29, 0.717) is 12.1 Å². The highest BCUT2D eigenvalue weighted by atomic mass is 16.5. The Morgan fingerprint density at radius 3 is 2.63 bits per heavy atom. The molecule has 106 valence electrons. The van der Waals surface area contributed by atoms with E-state index in [1.807, 2.05) is 0 Å². The fourth-order valence-corrected chi connectivity index (χ4v) is 3.19. The normalized spacial score (nSPS) is 24.0. The molecule has 1 aliphatic rings. The molecule has 0 bridgehead atoms. The van der Waals surface area contributed by atoms with E-state index in [0.717, 1.165) is 12.5 Å². The van der Waals surface area contributed by atoms with E-state index >= 15 is 0 Å². The maximum absolute atomic E-state index is 5.65. The molecular weight excluding hydrogens is 234 g/mol. The Hall–Kier alpha value is -0.860. The fraction of sp³-hybridized carbons (Fsp3) is 0.647. The molecule has 0 aliphatic heterocycles. The van der Waals surface area contributed by atoms with Crippen molar-refractivity contribution in [2.75, 3.05) is 13.7 Å². The number of rotatable bonds is 6. The molecule has 1 unspecified atom stereocenters. The van der Waals surface area contributed by atoms with Crippen LogP contribution in [-0.2, 0) is 4.74 Å². The van der Waals surface area contributed by atoms with Crippen LogP contribution in [-0.4, -0.2) is 19.8 Å². The largest absolute Gasteiger partial charge is 0.378 e. The smallest absolute Gasteiger partial charge is 0.0580 e. The molecule has 1 atom stereocenters. The molecule has 0 spiro atoms. The molecule has 0 saturated heterocycles. The number of hydrogen-bond acceptors (Lipinski definition) is 2. The average molecular weight is 261 g/mol. The van der Waals surface area contributed by atoms with Crippen LogP contribution in [0.5, 0.6) is 0 Å². The second-order valence-corrected chi connectivity index (χ2v) is 5.85. The first-order valence-corrected chi connectivity index (χ1v) is 7.50. The van der Waals surface area contributed by atoms with Crippen LogP contribution < -0.4 is 5.32 Å². The lowest BCUT2D eigenvalue weighted by Gasteiger charge is -2.37. The summed E-state index contributed by atoms with van der Waals surface area (Å²) >= 11 is 0. The van der Waals surface area contributed by atoms with Gasteiger partial charge in [0.25, 0.3) is 0 Å². The summed E-state index contributed by atoms with van der Waals surface area (Å²) in [6.45, 7) is 7.31. The quantitative estimate of drug-likeness (QED) is 0.841. The molecule has 1 aromatic rings. The summed E-state index contributed by atoms with van der Waals surface area (Å²) in [4.78, 5) is 0. The van der Waals surface area contributed by atoms with Crippen molar-refractivity contribution in [3.05, 3.63) is 34.9 Å². The second-order valence-electron chi connectivity index (χ2n) is 5.85. The third kappa shape index (κ3) is 3.58. The van der Waals surface area contributed by atoms with Gasteiger partial charge in [-0.2, -0.15) is 0 Å². The third-order valence-corrected chi connectivity index (χ3v) is 4.31. The number of ether oxygens (including phenoxy) is 1. The lowest BCUT2D eigenvalue weighted by Crippen LogP contribution is -2.34. The molecule has 2 rings (SSSR count). The van der Waals surface area contributed by atoms with E-state index in [-0.39, 0.29) is 0 Å². The van der Waals surface area contributed by atoms with Crippen LogP contribution in [0.4, 0.5) is 0 Å². The van der Waals surface area contributed by atoms with Crippen molar-refractivity contribution in [1.82, 2.24) is 5.32 Å². The third-order valence-electron chi connectivity index (χ3n) is 4.31. The number of benzene rings is 1. The molecule has 0 radical (unpaired) electrons. The van der Waals surface area contributed by atoms with Crippen LogP contribution in [0.15, 0.2) is 18.2 Å². The average Bonchev–Trinajstić information content (AvgIpc) is 2.33. The highest BCUT2D eigenvalue weighted by Crippen LogP contribution is 2.37. The number of nitrogens with one attached hydrogen (secondary N) is 1. The van der Waals surface area contributed by atoms with Gasteiger partial charge in [-0.15, -0.1) is 0 Å². The molecule has 1 saturated carbocycles. The van der Waals surface area contributed by atoms with Gasteiger partial charge in [0.1, 0.15) is 0 Å². The van der Waals surface area contributed by atoms with Crippen molar-refractivity contribution in [2.45, 2.75) is 52.2 Å². The highest BCUT2D eigenvalue weighted by molar-refractivity contribution is 5.32.